The molecule has 6 nitrogen and oxygen atoms in total. The van der Waals surface area contributed by atoms with Crippen molar-refractivity contribution in [2.24, 2.45) is 0 Å². The predicted molar refractivity (Wildman–Crippen MR) is 116 cm³/mol. The Balaban J connectivity index is 1.39. The predicted octanol–water partition coefficient (Wildman–Crippen LogP) is 3.34. The summed E-state index contributed by atoms with van der Waals surface area (Å²) in [5.74, 6) is 0.706. The minimum absolute atomic E-state index is 0.00570. The number of aromatic nitrogens is 2. The molecule has 0 radical (unpaired) electrons. The molecule has 2 aliphatic rings. The molecule has 0 bridgehead atoms. The topological polar surface area (TPSA) is 75.5 Å². The van der Waals surface area contributed by atoms with E-state index in [9.17, 15) is 9.90 Å². The number of hydrogen-bond donors (Lipinski definition) is 1. The van der Waals surface area contributed by atoms with Crippen LogP contribution < -0.4 is 0 Å². The van der Waals surface area contributed by atoms with Crippen LogP contribution in [-0.4, -0.2) is 45.6 Å². The summed E-state index contributed by atoms with van der Waals surface area (Å²) >= 11 is 0. The van der Waals surface area contributed by atoms with Gasteiger partial charge in [0.25, 0.3) is 5.91 Å². The van der Waals surface area contributed by atoms with Crippen LogP contribution in [-0.2, 0) is 23.4 Å². The van der Waals surface area contributed by atoms with Crippen LogP contribution in [0.15, 0.2) is 60.8 Å². The lowest BCUT2D eigenvalue weighted by Crippen LogP contribution is -2.49. The van der Waals surface area contributed by atoms with Crippen LogP contribution in [0.5, 0.6) is 0 Å². The van der Waals surface area contributed by atoms with Gasteiger partial charge in [-0.25, -0.2) is 9.97 Å². The van der Waals surface area contributed by atoms with Gasteiger partial charge >= 0.3 is 0 Å². The maximum Gasteiger partial charge on any atom is 0.253 e. The van der Waals surface area contributed by atoms with Gasteiger partial charge in [-0.2, -0.15) is 0 Å². The van der Waals surface area contributed by atoms with Crippen molar-refractivity contribution in [3.05, 3.63) is 83.2 Å². The van der Waals surface area contributed by atoms with Gasteiger partial charge in [0.2, 0.25) is 0 Å². The average molecular weight is 415 g/mol. The Morgan fingerprint density at radius 1 is 1.10 bits per heavy atom. The number of hydrogen-bond acceptors (Lipinski definition) is 5. The maximum absolute atomic E-state index is 13.0. The molecule has 5 rings (SSSR count). The summed E-state index contributed by atoms with van der Waals surface area (Å²) in [6.45, 7) is 1.78. The molecule has 3 aromatic rings. The van der Waals surface area contributed by atoms with Crippen LogP contribution >= 0.6 is 0 Å². The zero-order valence-electron chi connectivity index (χ0n) is 17.3. The summed E-state index contributed by atoms with van der Waals surface area (Å²) in [4.78, 5) is 24.4. The van der Waals surface area contributed by atoms with E-state index in [0.29, 0.717) is 43.9 Å². The van der Waals surface area contributed by atoms with E-state index in [1.54, 1.807) is 12.1 Å². The summed E-state index contributed by atoms with van der Waals surface area (Å²) in [6, 6.07) is 17.2. The smallest absolute Gasteiger partial charge is 0.253 e. The Kier molecular flexibility index (Phi) is 5.26. The lowest BCUT2D eigenvalue weighted by atomic mass is 9.83. The van der Waals surface area contributed by atoms with E-state index in [-0.39, 0.29) is 12.5 Å². The molecule has 0 saturated carbocycles. The monoisotopic (exact) mass is 415 g/mol. The van der Waals surface area contributed by atoms with E-state index in [4.69, 9.17) is 9.72 Å². The van der Waals surface area contributed by atoms with E-state index in [0.717, 1.165) is 28.8 Å². The second kappa shape index (κ2) is 8.21. The van der Waals surface area contributed by atoms with Crippen molar-refractivity contribution in [3.8, 4) is 11.4 Å². The average Bonchev–Trinajstić information content (AvgIpc) is 2.85. The van der Waals surface area contributed by atoms with Gasteiger partial charge in [-0.3, -0.25) is 4.79 Å². The number of benzene rings is 2. The molecule has 3 heterocycles. The number of ether oxygens (including phenoxy) is 1. The highest BCUT2D eigenvalue weighted by atomic mass is 16.5. The van der Waals surface area contributed by atoms with Gasteiger partial charge in [-0.05, 0) is 42.5 Å². The van der Waals surface area contributed by atoms with Gasteiger partial charge in [-0.15, -0.1) is 0 Å². The van der Waals surface area contributed by atoms with Crippen molar-refractivity contribution in [1.82, 2.24) is 14.9 Å². The van der Waals surface area contributed by atoms with Crippen LogP contribution in [0, 0.1) is 0 Å². The van der Waals surface area contributed by atoms with Crippen LogP contribution in [0.25, 0.3) is 11.4 Å². The summed E-state index contributed by atoms with van der Waals surface area (Å²) in [7, 11) is 0. The van der Waals surface area contributed by atoms with Gasteiger partial charge in [0, 0.05) is 30.4 Å². The van der Waals surface area contributed by atoms with Gasteiger partial charge in [-0.1, -0.05) is 42.5 Å². The van der Waals surface area contributed by atoms with Crippen molar-refractivity contribution < 1.29 is 14.6 Å². The van der Waals surface area contributed by atoms with Crippen molar-refractivity contribution >= 4 is 5.91 Å². The fourth-order valence-corrected chi connectivity index (χ4v) is 4.57. The number of carbonyl (C=O) groups excluding carboxylic acids is 1. The molecular weight excluding hydrogens is 390 g/mol. The van der Waals surface area contributed by atoms with E-state index in [2.05, 4.69) is 4.98 Å². The fourth-order valence-electron chi connectivity index (χ4n) is 4.57. The third-order valence-electron chi connectivity index (χ3n) is 6.29. The number of fused-ring (bicyclic) bond motifs is 2. The molecule has 2 aliphatic heterocycles. The molecule has 2 aromatic carbocycles. The highest BCUT2D eigenvalue weighted by Gasteiger charge is 2.43. The lowest BCUT2D eigenvalue weighted by molar-refractivity contribution is -0.0967. The molecular formula is C25H25N3O3. The second-order valence-corrected chi connectivity index (χ2v) is 8.18. The van der Waals surface area contributed by atoms with Gasteiger partial charge in [0.15, 0.2) is 5.82 Å². The summed E-state index contributed by atoms with van der Waals surface area (Å²) < 4.78 is 6.33. The molecule has 0 aliphatic carbocycles. The number of likely N-dealkylation sites (tertiary alicyclic amines) is 1. The molecule has 1 spiro atoms. The fraction of sp³-hybridized carbons (Fsp3) is 0.320. The normalized spacial score (nSPS) is 17.4. The molecule has 31 heavy (non-hydrogen) atoms. The lowest BCUT2D eigenvalue weighted by Gasteiger charge is -2.44. The van der Waals surface area contributed by atoms with Gasteiger partial charge < -0.3 is 14.7 Å². The third kappa shape index (κ3) is 3.73. The SMILES string of the molecule is O=C(c1cccc(CO)c1)N1CCC2(CC1)OCCc1cnc(-c3ccccc3)nc12. The van der Waals surface area contributed by atoms with Crippen molar-refractivity contribution in [3.63, 3.8) is 0 Å². The molecule has 1 fully saturated rings. The van der Waals surface area contributed by atoms with Gasteiger partial charge in [0.05, 0.1) is 18.9 Å². The molecule has 6 heteroatoms. The quantitative estimate of drug-likeness (QED) is 0.710. The first kappa shape index (κ1) is 19.8. The number of aliphatic hydroxyl groups excluding tert-OH is 1. The van der Waals surface area contributed by atoms with Crippen molar-refractivity contribution in [1.29, 1.82) is 0 Å². The van der Waals surface area contributed by atoms with Crippen LogP contribution in [0.4, 0.5) is 0 Å². The Bertz CT molecular complexity index is 1090. The number of rotatable bonds is 3. The molecule has 0 atom stereocenters. The number of nitrogens with zero attached hydrogens (tertiary/aromatic N) is 3. The molecule has 1 aromatic heterocycles. The number of aliphatic hydroxyl groups is 1. The molecule has 1 saturated heterocycles. The highest BCUT2D eigenvalue weighted by Crippen LogP contribution is 2.41. The van der Waals surface area contributed by atoms with Crippen molar-refractivity contribution in [2.45, 2.75) is 31.5 Å². The summed E-state index contributed by atoms with van der Waals surface area (Å²) in [5, 5.41) is 9.36. The summed E-state index contributed by atoms with van der Waals surface area (Å²) in [6.07, 6.45) is 4.16. The minimum Gasteiger partial charge on any atom is -0.392 e. The minimum atomic E-state index is -0.468. The zero-order valence-corrected chi connectivity index (χ0v) is 17.3. The first-order valence-corrected chi connectivity index (χ1v) is 10.7. The van der Waals surface area contributed by atoms with E-state index in [1.165, 1.54) is 0 Å². The first-order valence-electron chi connectivity index (χ1n) is 10.7. The Labute approximate surface area is 181 Å². The number of piperidine rings is 1. The maximum atomic E-state index is 13.0. The van der Waals surface area contributed by atoms with Crippen molar-refractivity contribution in [2.75, 3.05) is 19.7 Å². The zero-order chi connectivity index (χ0) is 21.3. The highest BCUT2D eigenvalue weighted by molar-refractivity contribution is 5.94. The van der Waals surface area contributed by atoms with Gasteiger partial charge in [0.1, 0.15) is 5.60 Å². The van der Waals surface area contributed by atoms with Crippen LogP contribution in [0.1, 0.15) is 40.0 Å². The molecule has 158 valence electrons. The first-order chi connectivity index (χ1) is 15.2. The Morgan fingerprint density at radius 3 is 2.68 bits per heavy atom. The van der Waals surface area contributed by atoms with E-state index in [1.807, 2.05) is 53.6 Å². The summed E-state index contributed by atoms with van der Waals surface area (Å²) in [5.41, 5.74) is 3.99. The molecule has 1 amide bonds. The second-order valence-electron chi connectivity index (χ2n) is 8.18. The van der Waals surface area contributed by atoms with E-state index >= 15 is 0 Å². The van der Waals surface area contributed by atoms with Crippen LogP contribution in [0.3, 0.4) is 0 Å². The third-order valence-corrected chi connectivity index (χ3v) is 6.29. The number of carbonyl (C=O) groups is 1. The van der Waals surface area contributed by atoms with E-state index < -0.39 is 5.60 Å². The van der Waals surface area contributed by atoms with Crippen LogP contribution in [0.2, 0.25) is 0 Å². The number of amides is 1. The molecule has 1 N–H and O–H groups in total. The standard InChI is InChI=1S/C25H25N3O3/c29-17-18-5-4-8-20(15-18)24(30)28-12-10-25(11-13-28)22-21(9-14-31-25)16-26-23(27-22)19-6-2-1-3-7-19/h1-8,15-16,29H,9-14,17H2. The largest absolute Gasteiger partial charge is 0.392 e. The Morgan fingerprint density at radius 2 is 1.90 bits per heavy atom. The Hall–Kier alpha value is -3.09. The molecule has 0 unspecified atom stereocenters.